The Morgan fingerprint density at radius 3 is 2.75 bits per heavy atom. The highest BCUT2D eigenvalue weighted by Crippen LogP contribution is 2.01. The van der Waals surface area contributed by atoms with Crippen LogP contribution in [0.2, 0.25) is 0 Å². The first-order valence-corrected chi connectivity index (χ1v) is 2.16. The van der Waals surface area contributed by atoms with Crippen LogP contribution in [0.4, 0.5) is 8.28 Å². The van der Waals surface area contributed by atoms with Crippen LogP contribution in [-0.4, -0.2) is 12.6 Å². The van der Waals surface area contributed by atoms with Gasteiger partial charge in [0.2, 0.25) is 12.4 Å². The normalized spacial score (nSPS) is 9.25. The van der Waals surface area contributed by atoms with E-state index in [0.29, 0.717) is 0 Å². The van der Waals surface area contributed by atoms with Crippen LogP contribution in [0, 0.1) is 0 Å². The Hall–Kier alpha value is -0.200. The summed E-state index contributed by atoms with van der Waals surface area (Å²) >= 11 is -0.597. The van der Waals surface area contributed by atoms with Crippen molar-refractivity contribution < 1.29 is 22.3 Å². The zero-order chi connectivity index (χ0) is 6.41. The van der Waals surface area contributed by atoms with Gasteiger partial charge in [0.15, 0.2) is 6.61 Å². The predicted octanol–water partition coefficient (Wildman–Crippen LogP) is 0.963. The maximum absolute atomic E-state index is 11.0. The second kappa shape index (κ2) is 4.95. The molecule has 0 radical (unpaired) electrons. The lowest BCUT2D eigenvalue weighted by atomic mass is 10.8. The van der Waals surface area contributed by atoms with Crippen molar-refractivity contribution in [1.29, 1.82) is 0 Å². The van der Waals surface area contributed by atoms with Crippen LogP contribution in [-0.2, 0) is 14.0 Å². The fraction of sp³-hybridized carbons (Fsp3) is 0.500. The monoisotopic (exact) mass is 144 g/mol. The third kappa shape index (κ3) is 5.80. The van der Waals surface area contributed by atoms with Gasteiger partial charge in [0.1, 0.15) is 0 Å². The van der Waals surface area contributed by atoms with Gasteiger partial charge in [-0.1, -0.05) is 0 Å². The molecule has 0 amide bonds. The van der Waals surface area contributed by atoms with E-state index in [4.69, 9.17) is 0 Å². The van der Waals surface area contributed by atoms with Crippen molar-refractivity contribution in [1.82, 2.24) is 0 Å². The SMILES string of the molecule is O=C(F)COOSF. The average molecular weight is 144 g/mol. The zero-order valence-electron chi connectivity index (χ0n) is 3.60. The average Bonchev–Trinajstić information content (AvgIpc) is 1.66. The molecule has 0 aromatic heterocycles. The van der Waals surface area contributed by atoms with Gasteiger partial charge in [-0.2, -0.15) is 4.39 Å². The number of hydrogen-bond donors (Lipinski definition) is 0. The summed E-state index contributed by atoms with van der Waals surface area (Å²) in [4.78, 5) is 12.9. The minimum Gasteiger partial charge on any atom is -0.258 e. The Labute approximate surface area is 48.4 Å². The van der Waals surface area contributed by atoms with Crippen LogP contribution in [0.3, 0.4) is 0 Å². The van der Waals surface area contributed by atoms with Gasteiger partial charge in [0, 0.05) is 0 Å². The maximum Gasteiger partial charge on any atom is 0.330 e. The van der Waals surface area contributed by atoms with Crippen molar-refractivity contribution >= 4 is 18.5 Å². The third-order valence-electron chi connectivity index (χ3n) is 0.246. The molecule has 0 aromatic carbocycles. The number of rotatable bonds is 4. The Balaban J connectivity index is 2.82. The van der Waals surface area contributed by atoms with Crippen molar-refractivity contribution in [2.45, 2.75) is 0 Å². The molecule has 0 atom stereocenters. The Kier molecular flexibility index (Phi) is 4.82. The van der Waals surface area contributed by atoms with E-state index in [1.54, 1.807) is 0 Å². The third-order valence-corrected chi connectivity index (χ3v) is 0.394. The quantitative estimate of drug-likeness (QED) is 0.193. The van der Waals surface area contributed by atoms with Crippen LogP contribution in [0.25, 0.3) is 0 Å². The fourth-order valence-corrected chi connectivity index (χ4v) is 0.173. The molecule has 0 aliphatic rings. The van der Waals surface area contributed by atoms with Gasteiger partial charge in [-0.3, -0.25) is 4.79 Å². The van der Waals surface area contributed by atoms with E-state index in [0.717, 1.165) is 0 Å². The van der Waals surface area contributed by atoms with Crippen molar-refractivity contribution in [3.63, 3.8) is 0 Å². The molecule has 0 fully saturated rings. The summed E-state index contributed by atoms with van der Waals surface area (Å²) in [5, 5.41) is 0. The maximum atomic E-state index is 11.0. The van der Waals surface area contributed by atoms with E-state index in [1.165, 1.54) is 0 Å². The lowest BCUT2D eigenvalue weighted by Crippen LogP contribution is -1.99. The van der Waals surface area contributed by atoms with Crippen LogP contribution in [0.15, 0.2) is 0 Å². The van der Waals surface area contributed by atoms with E-state index >= 15 is 0 Å². The summed E-state index contributed by atoms with van der Waals surface area (Å²) in [7, 11) is 0. The highest BCUT2D eigenvalue weighted by Gasteiger charge is 1.96. The summed E-state index contributed by atoms with van der Waals surface area (Å²) in [5.74, 6) is 0. The minimum absolute atomic E-state index is 0.597. The topological polar surface area (TPSA) is 35.5 Å². The lowest BCUT2D eigenvalue weighted by Gasteiger charge is -1.88. The molecule has 0 aliphatic carbocycles. The molecule has 3 nitrogen and oxygen atoms in total. The molecule has 48 valence electrons. The second-order valence-electron chi connectivity index (χ2n) is 0.748. The number of hydrogen-bond acceptors (Lipinski definition) is 4. The van der Waals surface area contributed by atoms with Gasteiger partial charge in [-0.15, -0.1) is 8.22 Å². The lowest BCUT2D eigenvalue weighted by molar-refractivity contribution is -0.199. The van der Waals surface area contributed by atoms with Crippen LogP contribution in [0.1, 0.15) is 0 Å². The van der Waals surface area contributed by atoms with E-state index in [2.05, 4.69) is 9.22 Å². The van der Waals surface area contributed by atoms with Crippen LogP contribution >= 0.6 is 12.4 Å². The van der Waals surface area contributed by atoms with Crippen molar-refractivity contribution in [3.05, 3.63) is 0 Å². The number of halogens is 2. The Morgan fingerprint density at radius 2 is 2.38 bits per heavy atom. The molecule has 0 saturated carbocycles. The van der Waals surface area contributed by atoms with Crippen molar-refractivity contribution in [3.8, 4) is 0 Å². The van der Waals surface area contributed by atoms with Gasteiger partial charge in [-0.05, 0) is 0 Å². The molecule has 6 heteroatoms. The summed E-state index contributed by atoms with van der Waals surface area (Å²) in [6.45, 7) is -0.878. The summed E-state index contributed by atoms with van der Waals surface area (Å²) in [5.41, 5.74) is 0. The summed E-state index contributed by atoms with van der Waals surface area (Å²) in [6.07, 6.45) is 0. The molecule has 0 aromatic rings. The van der Waals surface area contributed by atoms with E-state index in [-0.39, 0.29) is 0 Å². The largest absolute Gasteiger partial charge is 0.330 e. The molecule has 0 rings (SSSR count). The van der Waals surface area contributed by atoms with Crippen LogP contribution in [0.5, 0.6) is 0 Å². The van der Waals surface area contributed by atoms with E-state index in [9.17, 15) is 13.1 Å². The van der Waals surface area contributed by atoms with E-state index < -0.39 is 25.1 Å². The molecule has 0 bridgehead atoms. The van der Waals surface area contributed by atoms with Gasteiger partial charge in [-0.25, -0.2) is 4.89 Å². The highest BCUT2D eigenvalue weighted by molar-refractivity contribution is 7.89. The molecule has 0 unspecified atom stereocenters. The second-order valence-corrected chi connectivity index (χ2v) is 1.01. The van der Waals surface area contributed by atoms with E-state index in [1.807, 2.05) is 0 Å². The fourth-order valence-electron chi connectivity index (χ4n) is 0.0886. The zero-order valence-corrected chi connectivity index (χ0v) is 4.41. The molecule has 8 heavy (non-hydrogen) atoms. The Bertz CT molecular complexity index is 77.7. The van der Waals surface area contributed by atoms with Gasteiger partial charge >= 0.3 is 6.04 Å². The number of carbonyl (C=O) groups is 1. The molecule has 0 heterocycles. The van der Waals surface area contributed by atoms with Crippen LogP contribution < -0.4 is 0 Å². The summed E-state index contributed by atoms with van der Waals surface area (Å²) < 4.78 is 25.3. The van der Waals surface area contributed by atoms with Gasteiger partial charge < -0.3 is 0 Å². The molecular formula is C2H2F2O3S. The van der Waals surface area contributed by atoms with Gasteiger partial charge in [0.25, 0.3) is 0 Å². The minimum atomic E-state index is -1.71. The first-order chi connectivity index (χ1) is 3.77. The molecule has 0 spiro atoms. The standard InChI is InChI=1S/C2H2F2O3S/c3-2(5)1-6-7-8-4/h1H2. The van der Waals surface area contributed by atoms with Crippen molar-refractivity contribution in [2.75, 3.05) is 6.61 Å². The Morgan fingerprint density at radius 1 is 1.75 bits per heavy atom. The van der Waals surface area contributed by atoms with Gasteiger partial charge in [0.05, 0.1) is 0 Å². The van der Waals surface area contributed by atoms with Crippen molar-refractivity contribution in [2.24, 2.45) is 0 Å². The predicted molar refractivity (Wildman–Crippen MR) is 21.9 cm³/mol. The highest BCUT2D eigenvalue weighted by atomic mass is 32.2. The first kappa shape index (κ1) is 7.80. The summed E-state index contributed by atoms with van der Waals surface area (Å²) in [6, 6.07) is -1.71. The molecule has 0 N–H and O–H groups in total. The molecule has 0 saturated heterocycles. The number of carbonyl (C=O) groups excluding carboxylic acids is 1. The molecule has 0 aliphatic heterocycles. The smallest absolute Gasteiger partial charge is 0.258 e. The first-order valence-electron chi connectivity index (χ1n) is 1.52. The molecular weight excluding hydrogens is 142 g/mol.